The first kappa shape index (κ1) is 23.2. The number of carbonyl (C=O) groups excluding carboxylic acids is 1. The number of carbonyl (C=O) groups is 1. The van der Waals surface area contributed by atoms with Crippen LogP contribution >= 0.6 is 0 Å². The first-order chi connectivity index (χ1) is 15.6. The maximum absolute atomic E-state index is 14.0. The number of ketones is 1. The van der Waals surface area contributed by atoms with E-state index in [4.69, 9.17) is 0 Å². The minimum atomic E-state index is -4.97. The number of nitriles is 1. The summed E-state index contributed by atoms with van der Waals surface area (Å²) in [6.07, 6.45) is -6.80. The third-order valence-corrected chi connectivity index (χ3v) is 6.47. The standard InChI is InChI=1S/C24H23F3N2O4/c25-24(26,27)20(18(13-28)19(30)7-8-23(33)21(31)22(23)32)16-4-3-15-12-17(6-5-14(15)11-16)29-9-1-2-10-29/h3-6,11-12,21-22,31-33H,1-2,7-10H2/b20-18-. The van der Waals surface area contributed by atoms with Crippen molar-refractivity contribution in [1.29, 1.82) is 5.26 Å². The molecule has 33 heavy (non-hydrogen) atoms. The first-order valence-electron chi connectivity index (χ1n) is 10.7. The molecule has 1 saturated carbocycles. The van der Waals surface area contributed by atoms with Crippen LogP contribution in [0.3, 0.4) is 0 Å². The zero-order valence-electron chi connectivity index (χ0n) is 17.6. The van der Waals surface area contributed by atoms with Gasteiger partial charge in [0.25, 0.3) is 0 Å². The van der Waals surface area contributed by atoms with Crippen molar-refractivity contribution in [3.8, 4) is 6.07 Å². The molecule has 1 heterocycles. The summed E-state index contributed by atoms with van der Waals surface area (Å²) in [5.74, 6) is -1.12. The minimum Gasteiger partial charge on any atom is -0.387 e. The number of hydrogen-bond acceptors (Lipinski definition) is 6. The van der Waals surface area contributed by atoms with Crippen molar-refractivity contribution in [2.45, 2.75) is 49.7 Å². The van der Waals surface area contributed by atoms with E-state index in [-0.39, 0.29) is 5.56 Å². The number of allylic oxidation sites excluding steroid dienone is 2. The van der Waals surface area contributed by atoms with Crippen molar-refractivity contribution in [1.82, 2.24) is 0 Å². The maximum Gasteiger partial charge on any atom is 0.418 e. The van der Waals surface area contributed by atoms with Gasteiger partial charge in [0.15, 0.2) is 5.78 Å². The fourth-order valence-corrected chi connectivity index (χ4v) is 4.39. The van der Waals surface area contributed by atoms with Crippen LogP contribution in [0.2, 0.25) is 0 Å². The molecule has 2 aromatic rings. The first-order valence-corrected chi connectivity index (χ1v) is 10.7. The molecule has 9 heteroatoms. The van der Waals surface area contributed by atoms with Gasteiger partial charge in [0, 0.05) is 25.2 Å². The lowest BCUT2D eigenvalue weighted by Gasteiger charge is -2.19. The Morgan fingerprint density at radius 3 is 2.27 bits per heavy atom. The molecule has 0 radical (unpaired) electrons. The Kier molecular flexibility index (Phi) is 5.95. The van der Waals surface area contributed by atoms with E-state index in [1.807, 2.05) is 12.1 Å². The summed E-state index contributed by atoms with van der Waals surface area (Å²) in [5.41, 5.74) is -3.66. The number of halogens is 3. The number of nitrogens with zero attached hydrogens (tertiary/aromatic N) is 2. The van der Waals surface area contributed by atoms with Gasteiger partial charge in [-0.3, -0.25) is 4.79 Å². The normalized spacial score (nSPS) is 25.7. The molecule has 1 aliphatic heterocycles. The van der Waals surface area contributed by atoms with E-state index in [1.54, 1.807) is 6.07 Å². The van der Waals surface area contributed by atoms with Gasteiger partial charge in [0.2, 0.25) is 0 Å². The van der Waals surface area contributed by atoms with E-state index in [1.165, 1.54) is 24.3 Å². The average molecular weight is 460 g/mol. The lowest BCUT2D eigenvalue weighted by molar-refractivity contribution is -0.116. The quantitative estimate of drug-likeness (QED) is 0.452. The van der Waals surface area contributed by atoms with Gasteiger partial charge in [0.1, 0.15) is 29.5 Å². The molecule has 1 saturated heterocycles. The van der Waals surface area contributed by atoms with Crippen LogP contribution in [0.4, 0.5) is 18.9 Å². The number of rotatable bonds is 6. The van der Waals surface area contributed by atoms with Crippen LogP contribution in [0.1, 0.15) is 31.2 Å². The van der Waals surface area contributed by atoms with Crippen molar-refractivity contribution >= 4 is 27.8 Å². The number of alkyl halides is 3. The smallest absolute Gasteiger partial charge is 0.387 e. The van der Waals surface area contributed by atoms with Gasteiger partial charge >= 0.3 is 6.18 Å². The Morgan fingerprint density at radius 2 is 1.70 bits per heavy atom. The monoisotopic (exact) mass is 460 g/mol. The maximum atomic E-state index is 14.0. The van der Waals surface area contributed by atoms with Crippen molar-refractivity contribution in [2.24, 2.45) is 0 Å². The predicted octanol–water partition coefficient (Wildman–Crippen LogP) is 3.10. The number of Topliss-reactive ketones (excluding diaryl/α,β-unsaturated/α-hetero) is 1. The summed E-state index contributed by atoms with van der Waals surface area (Å²) in [7, 11) is 0. The molecule has 0 amide bonds. The van der Waals surface area contributed by atoms with E-state index in [9.17, 15) is 38.5 Å². The Hall–Kier alpha value is -2.93. The highest BCUT2D eigenvalue weighted by Crippen LogP contribution is 2.42. The van der Waals surface area contributed by atoms with E-state index in [0.29, 0.717) is 5.39 Å². The predicted molar refractivity (Wildman–Crippen MR) is 115 cm³/mol. The highest BCUT2D eigenvalue weighted by molar-refractivity contribution is 6.07. The third-order valence-electron chi connectivity index (χ3n) is 6.47. The van der Waals surface area contributed by atoms with Crippen molar-refractivity contribution in [2.75, 3.05) is 18.0 Å². The zero-order valence-corrected chi connectivity index (χ0v) is 17.6. The van der Waals surface area contributed by atoms with Gasteiger partial charge in [0.05, 0.1) is 5.57 Å². The number of fused-ring (bicyclic) bond motifs is 1. The number of aliphatic hydroxyl groups excluding tert-OH is 2. The molecule has 3 N–H and O–H groups in total. The van der Waals surface area contributed by atoms with Crippen LogP contribution < -0.4 is 4.90 Å². The molecule has 1 aliphatic carbocycles. The molecule has 0 bridgehead atoms. The van der Waals surface area contributed by atoms with Crippen molar-refractivity contribution < 1.29 is 33.3 Å². The molecule has 0 spiro atoms. The van der Waals surface area contributed by atoms with Crippen molar-refractivity contribution in [3.05, 3.63) is 47.5 Å². The summed E-state index contributed by atoms with van der Waals surface area (Å²) >= 11 is 0. The molecule has 2 aromatic carbocycles. The topological polar surface area (TPSA) is 105 Å². The Bertz CT molecular complexity index is 1150. The average Bonchev–Trinajstić information content (AvgIpc) is 3.17. The van der Waals surface area contributed by atoms with Crippen LogP contribution in [0.5, 0.6) is 0 Å². The Balaban J connectivity index is 1.68. The van der Waals surface area contributed by atoms with Gasteiger partial charge < -0.3 is 20.2 Å². The lowest BCUT2D eigenvalue weighted by Crippen LogP contribution is -2.21. The van der Waals surface area contributed by atoms with Gasteiger partial charge in [-0.25, -0.2) is 0 Å². The molecule has 6 nitrogen and oxygen atoms in total. The number of hydrogen-bond donors (Lipinski definition) is 3. The highest BCUT2D eigenvalue weighted by atomic mass is 19.4. The highest BCUT2D eigenvalue weighted by Gasteiger charge is 2.63. The lowest BCUT2D eigenvalue weighted by atomic mass is 9.93. The van der Waals surface area contributed by atoms with E-state index < -0.39 is 53.8 Å². The summed E-state index contributed by atoms with van der Waals surface area (Å²) in [6, 6.07) is 10.9. The molecule has 0 aromatic heterocycles. The van der Waals surface area contributed by atoms with E-state index in [0.717, 1.165) is 37.0 Å². The van der Waals surface area contributed by atoms with Gasteiger partial charge in [-0.15, -0.1) is 0 Å². The zero-order chi connectivity index (χ0) is 24.0. The summed E-state index contributed by atoms with van der Waals surface area (Å²) in [4.78, 5) is 14.7. The molecule has 2 fully saturated rings. The Morgan fingerprint density at radius 1 is 1.09 bits per heavy atom. The SMILES string of the molecule is N#C/C(C(=O)CCC1(O)C(O)C1O)=C(\c1ccc2cc(N3CCCC3)ccc2c1)C(F)(F)F. The van der Waals surface area contributed by atoms with Gasteiger partial charge in [-0.1, -0.05) is 18.2 Å². The van der Waals surface area contributed by atoms with E-state index >= 15 is 0 Å². The van der Waals surface area contributed by atoms with Gasteiger partial charge in [-0.05, 0) is 53.8 Å². The minimum absolute atomic E-state index is 0.306. The molecule has 2 unspecified atom stereocenters. The van der Waals surface area contributed by atoms with Crippen LogP contribution in [0, 0.1) is 11.3 Å². The molecule has 2 atom stereocenters. The summed E-state index contributed by atoms with van der Waals surface area (Å²) in [6.45, 7) is 1.86. The number of aliphatic hydroxyl groups is 3. The van der Waals surface area contributed by atoms with Crippen LogP contribution in [0.15, 0.2) is 42.0 Å². The second-order valence-electron chi connectivity index (χ2n) is 8.60. The van der Waals surface area contributed by atoms with Crippen LogP contribution in [-0.2, 0) is 4.79 Å². The van der Waals surface area contributed by atoms with Crippen LogP contribution in [0.25, 0.3) is 16.3 Å². The molecular formula is C24H23F3N2O4. The molecule has 2 aliphatic rings. The molecule has 174 valence electrons. The van der Waals surface area contributed by atoms with Gasteiger partial charge in [-0.2, -0.15) is 18.4 Å². The fraction of sp³-hybridized carbons (Fsp3) is 0.417. The summed E-state index contributed by atoms with van der Waals surface area (Å²) in [5, 5.41) is 39.4. The number of anilines is 1. The third kappa shape index (κ3) is 4.34. The van der Waals surface area contributed by atoms with Crippen molar-refractivity contribution in [3.63, 3.8) is 0 Å². The van der Waals surface area contributed by atoms with E-state index in [2.05, 4.69) is 4.90 Å². The largest absolute Gasteiger partial charge is 0.418 e. The van der Waals surface area contributed by atoms with Crippen LogP contribution in [-0.4, -0.2) is 58.2 Å². The molecular weight excluding hydrogens is 437 g/mol. The Labute approximate surface area is 188 Å². The fourth-order valence-electron chi connectivity index (χ4n) is 4.39. The second kappa shape index (κ2) is 8.45. The summed E-state index contributed by atoms with van der Waals surface area (Å²) < 4.78 is 42.0. The number of benzene rings is 2. The molecule has 4 rings (SSSR count). The second-order valence-corrected chi connectivity index (χ2v) is 8.60.